The van der Waals surface area contributed by atoms with Gasteiger partial charge >= 0.3 is 6.36 Å². The number of carbonyl (C=O) groups is 2. The van der Waals surface area contributed by atoms with Crippen molar-refractivity contribution >= 4 is 33.7 Å². The molecular weight excluding hydrogens is 589 g/mol. The van der Waals surface area contributed by atoms with Crippen LogP contribution in [0.2, 0.25) is 0 Å². The molecule has 0 bridgehead atoms. The first-order valence-electron chi connectivity index (χ1n) is 13.7. The van der Waals surface area contributed by atoms with Crippen molar-refractivity contribution in [1.29, 1.82) is 0 Å². The van der Waals surface area contributed by atoms with Gasteiger partial charge in [-0.1, -0.05) is 12.1 Å². The summed E-state index contributed by atoms with van der Waals surface area (Å²) >= 11 is 0. The molecule has 3 aliphatic heterocycles. The second-order valence-electron chi connectivity index (χ2n) is 11.0. The largest absolute Gasteiger partial charge is 0.573 e. The lowest BCUT2D eigenvalue weighted by Gasteiger charge is -2.34. The molecule has 0 aliphatic carbocycles. The van der Waals surface area contributed by atoms with Gasteiger partial charge in [0.25, 0.3) is 11.8 Å². The van der Waals surface area contributed by atoms with Crippen molar-refractivity contribution in [1.82, 2.24) is 14.5 Å². The van der Waals surface area contributed by atoms with Crippen molar-refractivity contribution in [2.24, 2.45) is 4.99 Å². The summed E-state index contributed by atoms with van der Waals surface area (Å²) in [4.78, 5) is 31.8. The van der Waals surface area contributed by atoms with E-state index < -0.39 is 39.7 Å². The Morgan fingerprint density at radius 3 is 2.42 bits per heavy atom. The molecule has 3 aliphatic rings. The van der Waals surface area contributed by atoms with Gasteiger partial charge < -0.3 is 20.1 Å². The average Bonchev–Trinajstić information content (AvgIpc) is 3.50. The minimum atomic E-state index is -4.87. The maximum atomic E-state index is 13.2. The number of piperidine rings is 1. The Morgan fingerprint density at radius 2 is 1.81 bits per heavy atom. The number of likely N-dealkylation sites (tertiary alicyclic amines) is 1. The third-order valence-electron chi connectivity index (χ3n) is 7.93. The van der Waals surface area contributed by atoms with E-state index in [1.807, 2.05) is 0 Å². The molecule has 2 aromatic carbocycles. The van der Waals surface area contributed by atoms with E-state index in [2.05, 4.69) is 15.0 Å². The van der Waals surface area contributed by atoms with Crippen LogP contribution in [0.1, 0.15) is 51.9 Å². The normalized spacial score (nSPS) is 21.0. The highest BCUT2D eigenvalue weighted by Gasteiger charge is 2.47. The maximum Gasteiger partial charge on any atom is 0.573 e. The van der Waals surface area contributed by atoms with Crippen LogP contribution in [0.15, 0.2) is 46.8 Å². The number of aliphatic hydroxyl groups excluding tert-OH is 1. The molecule has 3 heterocycles. The molecule has 2 amide bonds. The molecule has 10 nitrogen and oxygen atoms in total. The number of aryl methyl sites for hydroxylation is 2. The number of ether oxygens (including phenoxy) is 1. The lowest BCUT2D eigenvalue weighted by molar-refractivity contribution is -0.274. The number of benzene rings is 2. The minimum absolute atomic E-state index is 0.0151. The van der Waals surface area contributed by atoms with Gasteiger partial charge in [-0.2, -0.15) is 4.31 Å². The fourth-order valence-electron chi connectivity index (χ4n) is 5.65. The van der Waals surface area contributed by atoms with Crippen LogP contribution in [0.5, 0.6) is 5.75 Å². The zero-order valence-electron chi connectivity index (χ0n) is 23.5. The van der Waals surface area contributed by atoms with Crippen molar-refractivity contribution in [3.63, 3.8) is 0 Å². The summed E-state index contributed by atoms with van der Waals surface area (Å²) < 4.78 is 69.5. The average molecular weight is 621 g/mol. The third-order valence-corrected chi connectivity index (χ3v) is 9.49. The topological polar surface area (TPSA) is 129 Å². The van der Waals surface area contributed by atoms with Crippen molar-refractivity contribution in [2.45, 2.75) is 51.1 Å². The minimum Gasteiger partial charge on any atom is -0.406 e. The standard InChI is InChI=1S/C29H31F3N4O6S/c1-18-14-21(26(38)35-10-6-22(37)17-35)15-19(2)24(18)7-13-43(40,41)36-11-8-28(9-12-36)27(39)33-25(34-28)20-4-3-5-23(16-20)42-29(30,31)32/h3-5,7,13-16,22,37H,6,8-12,17H2,1-2H3,(H,33,34,39)/t22-/m1/s1. The number of nitrogens with zero attached hydrogens (tertiary/aromatic N) is 3. The number of halogens is 3. The summed E-state index contributed by atoms with van der Waals surface area (Å²) in [5, 5.41) is 13.5. The van der Waals surface area contributed by atoms with Gasteiger partial charge in [-0.25, -0.2) is 8.42 Å². The first-order chi connectivity index (χ1) is 20.2. The van der Waals surface area contributed by atoms with Crippen LogP contribution in [0.3, 0.4) is 0 Å². The maximum absolute atomic E-state index is 13.2. The Kier molecular flexibility index (Phi) is 8.13. The van der Waals surface area contributed by atoms with E-state index >= 15 is 0 Å². The highest BCUT2D eigenvalue weighted by Crippen LogP contribution is 2.33. The predicted octanol–water partition coefficient (Wildman–Crippen LogP) is 3.12. The van der Waals surface area contributed by atoms with Crippen LogP contribution in [0, 0.1) is 13.8 Å². The van der Waals surface area contributed by atoms with Gasteiger partial charge in [-0.05, 0) is 80.1 Å². The molecule has 1 spiro atoms. The zero-order chi connectivity index (χ0) is 31.2. The molecule has 2 aromatic rings. The molecule has 0 saturated carbocycles. The molecule has 14 heteroatoms. The number of amidine groups is 1. The Hall–Kier alpha value is -3.75. The quantitative estimate of drug-likeness (QED) is 0.511. The van der Waals surface area contributed by atoms with E-state index in [1.54, 1.807) is 30.9 Å². The summed E-state index contributed by atoms with van der Waals surface area (Å²) in [5.41, 5.74) is 1.59. The van der Waals surface area contributed by atoms with Crippen molar-refractivity contribution in [2.75, 3.05) is 26.2 Å². The van der Waals surface area contributed by atoms with Gasteiger partial charge in [-0.15, -0.1) is 13.2 Å². The summed E-state index contributed by atoms with van der Waals surface area (Å²) in [6, 6.07) is 8.52. The van der Waals surface area contributed by atoms with Crippen LogP contribution in [0.4, 0.5) is 13.2 Å². The molecule has 43 heavy (non-hydrogen) atoms. The van der Waals surface area contributed by atoms with E-state index in [-0.39, 0.29) is 49.8 Å². The number of carbonyl (C=O) groups excluding carboxylic acids is 2. The van der Waals surface area contributed by atoms with E-state index in [1.165, 1.54) is 22.5 Å². The molecule has 0 radical (unpaired) electrons. The second kappa shape index (κ2) is 11.4. The van der Waals surface area contributed by atoms with Crippen LogP contribution < -0.4 is 10.1 Å². The number of rotatable bonds is 6. The molecule has 1 atom stereocenters. The number of hydrogen-bond acceptors (Lipinski definition) is 7. The zero-order valence-corrected chi connectivity index (χ0v) is 24.3. The van der Waals surface area contributed by atoms with Gasteiger partial charge in [-0.3, -0.25) is 14.6 Å². The monoisotopic (exact) mass is 620 g/mol. The Morgan fingerprint density at radius 1 is 1.14 bits per heavy atom. The van der Waals surface area contributed by atoms with E-state index in [0.717, 1.165) is 28.7 Å². The number of β-amino-alcohol motifs (C(OH)–C–C–N with tert-alkyl or cyclic N) is 1. The van der Waals surface area contributed by atoms with Crippen LogP contribution >= 0.6 is 0 Å². The molecule has 2 fully saturated rings. The molecular formula is C29H31F3N4O6S. The van der Waals surface area contributed by atoms with E-state index in [9.17, 15) is 36.3 Å². The second-order valence-corrected chi connectivity index (χ2v) is 12.8. The SMILES string of the molecule is Cc1cc(C(=O)N2CC[C@@H](O)C2)cc(C)c1C=CS(=O)(=O)N1CCC2(CC1)N=C(c1cccc(OC(F)(F)F)c1)NC2=O. The molecule has 0 unspecified atom stereocenters. The van der Waals surface area contributed by atoms with E-state index in [4.69, 9.17) is 0 Å². The first kappa shape index (κ1) is 30.7. The lowest BCUT2D eigenvalue weighted by atomic mass is 9.89. The molecule has 0 aromatic heterocycles. The number of aliphatic imine (C=N–C) groups is 1. The highest BCUT2D eigenvalue weighted by molar-refractivity contribution is 7.92. The fourth-order valence-corrected chi connectivity index (χ4v) is 6.83. The van der Waals surface area contributed by atoms with Crippen molar-refractivity contribution < 1.29 is 41.0 Å². The number of sulfonamides is 1. The van der Waals surface area contributed by atoms with Gasteiger partial charge in [0.2, 0.25) is 10.0 Å². The van der Waals surface area contributed by atoms with Gasteiger partial charge in [0.15, 0.2) is 0 Å². The number of hydrogen-bond donors (Lipinski definition) is 2. The predicted molar refractivity (Wildman–Crippen MR) is 152 cm³/mol. The first-order valence-corrected chi connectivity index (χ1v) is 15.2. The Labute approximate surface area is 246 Å². The van der Waals surface area contributed by atoms with E-state index in [0.29, 0.717) is 24.1 Å². The third kappa shape index (κ3) is 6.60. The number of nitrogens with one attached hydrogen (secondary N) is 1. The Bertz CT molecular complexity index is 1590. The Balaban J connectivity index is 1.26. The summed E-state index contributed by atoms with van der Waals surface area (Å²) in [7, 11) is -3.87. The molecule has 5 rings (SSSR count). The molecule has 230 valence electrons. The summed E-state index contributed by atoms with van der Waals surface area (Å²) in [6.07, 6.45) is -3.19. The summed E-state index contributed by atoms with van der Waals surface area (Å²) in [6.45, 7) is 4.37. The number of alkyl halides is 3. The van der Waals surface area contributed by atoms with Crippen LogP contribution in [0.25, 0.3) is 6.08 Å². The number of aliphatic hydroxyl groups is 1. The lowest BCUT2D eigenvalue weighted by Crippen LogP contribution is -2.50. The van der Waals surface area contributed by atoms with Crippen molar-refractivity contribution in [3.05, 3.63) is 69.6 Å². The molecule has 2 N–H and O–H groups in total. The molecule has 2 saturated heterocycles. The van der Waals surface area contributed by atoms with Gasteiger partial charge in [0, 0.05) is 42.7 Å². The summed E-state index contributed by atoms with van der Waals surface area (Å²) in [5.74, 6) is -0.977. The highest BCUT2D eigenvalue weighted by atomic mass is 32.2. The smallest absolute Gasteiger partial charge is 0.406 e. The van der Waals surface area contributed by atoms with Crippen LogP contribution in [-0.2, 0) is 14.8 Å². The fraction of sp³-hybridized carbons (Fsp3) is 0.414. The van der Waals surface area contributed by atoms with Gasteiger partial charge in [0.1, 0.15) is 17.1 Å². The van der Waals surface area contributed by atoms with Crippen molar-refractivity contribution in [3.8, 4) is 5.75 Å². The number of amides is 2. The van der Waals surface area contributed by atoms with Crippen LogP contribution in [-0.4, -0.2) is 84.6 Å². The van der Waals surface area contributed by atoms with Gasteiger partial charge in [0.05, 0.1) is 6.10 Å².